The number of aliphatic carboxylic acids is 1. The molecule has 1 N–H and O–H groups in total. The fourth-order valence-corrected chi connectivity index (χ4v) is 2.64. The van der Waals surface area contributed by atoms with Crippen LogP contribution in [0.2, 0.25) is 0 Å². The average Bonchev–Trinajstić information content (AvgIpc) is 2.18. The minimum absolute atomic E-state index is 0.361. The van der Waals surface area contributed by atoms with Crippen LogP contribution in [-0.4, -0.2) is 35.6 Å². The van der Waals surface area contributed by atoms with E-state index in [9.17, 15) is 4.79 Å². The molecule has 0 spiro atoms. The summed E-state index contributed by atoms with van der Waals surface area (Å²) in [5.74, 6) is -0.637. The molecule has 3 fully saturated rings. The smallest absolute Gasteiger partial charge is 0.303 e. The number of piperidine rings is 3. The van der Waals surface area contributed by atoms with Gasteiger partial charge in [0, 0.05) is 6.42 Å². The molecule has 0 amide bonds. The van der Waals surface area contributed by atoms with Gasteiger partial charge in [0.05, 0.1) is 0 Å². The van der Waals surface area contributed by atoms with Crippen molar-refractivity contribution in [3.8, 4) is 0 Å². The first-order valence-electron chi connectivity index (χ1n) is 5.14. The molecule has 0 unspecified atom stereocenters. The zero-order valence-corrected chi connectivity index (χ0v) is 7.96. The Balaban J connectivity index is 1.91. The monoisotopic (exact) mass is 183 g/mol. The van der Waals surface area contributed by atoms with Crippen molar-refractivity contribution in [1.82, 2.24) is 4.90 Å². The Hall–Kier alpha value is -0.570. The molecule has 74 valence electrons. The largest absolute Gasteiger partial charge is 0.481 e. The number of rotatable bonds is 3. The third-order valence-corrected chi connectivity index (χ3v) is 3.74. The van der Waals surface area contributed by atoms with Gasteiger partial charge in [0.1, 0.15) is 0 Å². The van der Waals surface area contributed by atoms with Gasteiger partial charge >= 0.3 is 5.97 Å². The van der Waals surface area contributed by atoms with E-state index in [-0.39, 0.29) is 0 Å². The second kappa shape index (κ2) is 3.29. The van der Waals surface area contributed by atoms with Gasteiger partial charge in [0.25, 0.3) is 0 Å². The van der Waals surface area contributed by atoms with Crippen molar-refractivity contribution in [1.29, 1.82) is 0 Å². The molecule has 3 heteroatoms. The molecule has 0 aromatic carbocycles. The summed E-state index contributed by atoms with van der Waals surface area (Å²) in [7, 11) is 0. The van der Waals surface area contributed by atoms with Crippen molar-refractivity contribution in [2.75, 3.05) is 19.6 Å². The van der Waals surface area contributed by atoms with Gasteiger partial charge < -0.3 is 10.0 Å². The number of hydrogen-bond donors (Lipinski definition) is 1. The van der Waals surface area contributed by atoms with E-state index >= 15 is 0 Å². The van der Waals surface area contributed by atoms with E-state index in [2.05, 4.69) is 4.90 Å². The molecule has 0 radical (unpaired) electrons. The van der Waals surface area contributed by atoms with Crippen LogP contribution in [0.3, 0.4) is 0 Å². The van der Waals surface area contributed by atoms with Crippen molar-refractivity contribution in [2.45, 2.75) is 32.1 Å². The van der Waals surface area contributed by atoms with Gasteiger partial charge in [0.15, 0.2) is 0 Å². The molecule has 3 rings (SSSR count). The molecule has 2 bridgehead atoms. The topological polar surface area (TPSA) is 40.5 Å². The highest BCUT2D eigenvalue weighted by molar-refractivity contribution is 5.66. The molecule has 0 aliphatic carbocycles. The third kappa shape index (κ3) is 1.85. The normalized spacial score (nSPS) is 37.7. The summed E-state index contributed by atoms with van der Waals surface area (Å²) >= 11 is 0. The minimum Gasteiger partial charge on any atom is -0.481 e. The maximum atomic E-state index is 10.5. The van der Waals surface area contributed by atoms with Crippen LogP contribution in [0.4, 0.5) is 0 Å². The summed E-state index contributed by atoms with van der Waals surface area (Å²) in [6, 6.07) is 0. The molecule has 0 aromatic rings. The van der Waals surface area contributed by atoms with E-state index in [0.717, 1.165) is 6.42 Å². The van der Waals surface area contributed by atoms with Crippen LogP contribution in [0.1, 0.15) is 32.1 Å². The molecular weight excluding hydrogens is 166 g/mol. The molecule has 0 saturated carbocycles. The highest BCUT2D eigenvalue weighted by Gasteiger charge is 2.38. The number of hydrogen-bond acceptors (Lipinski definition) is 2. The van der Waals surface area contributed by atoms with Crippen molar-refractivity contribution < 1.29 is 9.90 Å². The van der Waals surface area contributed by atoms with Crippen molar-refractivity contribution in [3.63, 3.8) is 0 Å². The Morgan fingerprint density at radius 3 is 2.23 bits per heavy atom. The van der Waals surface area contributed by atoms with Crippen LogP contribution in [-0.2, 0) is 4.79 Å². The van der Waals surface area contributed by atoms with Crippen molar-refractivity contribution >= 4 is 5.97 Å². The Labute approximate surface area is 78.7 Å². The predicted octanol–water partition coefficient (Wildman–Crippen LogP) is 1.34. The lowest BCUT2D eigenvalue weighted by atomic mass is 9.69. The van der Waals surface area contributed by atoms with E-state index < -0.39 is 5.97 Å². The number of carbonyl (C=O) groups is 1. The highest BCUT2D eigenvalue weighted by Crippen LogP contribution is 2.43. The molecule has 13 heavy (non-hydrogen) atoms. The maximum Gasteiger partial charge on any atom is 0.303 e. The number of carboxylic acids is 1. The average molecular weight is 183 g/mol. The summed E-state index contributed by atoms with van der Waals surface area (Å²) in [5, 5.41) is 8.66. The van der Waals surface area contributed by atoms with Crippen molar-refractivity contribution in [2.24, 2.45) is 5.41 Å². The predicted molar refractivity (Wildman–Crippen MR) is 49.6 cm³/mol. The minimum atomic E-state index is -0.637. The van der Waals surface area contributed by atoms with Gasteiger partial charge in [-0.15, -0.1) is 0 Å². The Morgan fingerprint density at radius 2 is 1.77 bits per heavy atom. The lowest BCUT2D eigenvalue weighted by Crippen LogP contribution is -2.48. The standard InChI is InChI=1S/C10H17NO2/c12-9(13)1-2-10-3-6-11(7-4-10)8-5-10/h1-8H2,(H,12,13). The van der Waals surface area contributed by atoms with E-state index in [1.165, 1.54) is 38.9 Å². The summed E-state index contributed by atoms with van der Waals surface area (Å²) in [4.78, 5) is 13.0. The first-order valence-corrected chi connectivity index (χ1v) is 5.14. The summed E-state index contributed by atoms with van der Waals surface area (Å²) in [6.07, 6.45) is 4.93. The lowest BCUT2D eigenvalue weighted by molar-refractivity contribution is -0.138. The quantitative estimate of drug-likeness (QED) is 0.717. The molecule has 3 nitrogen and oxygen atoms in total. The zero-order valence-electron chi connectivity index (χ0n) is 7.96. The number of nitrogens with zero attached hydrogens (tertiary/aromatic N) is 1. The summed E-state index contributed by atoms with van der Waals surface area (Å²) in [6.45, 7) is 3.58. The molecule has 0 aromatic heterocycles. The highest BCUT2D eigenvalue weighted by atomic mass is 16.4. The van der Waals surface area contributed by atoms with Gasteiger partial charge in [-0.25, -0.2) is 0 Å². The van der Waals surface area contributed by atoms with E-state index in [0.29, 0.717) is 11.8 Å². The Morgan fingerprint density at radius 1 is 1.23 bits per heavy atom. The van der Waals surface area contributed by atoms with Gasteiger partial charge in [-0.2, -0.15) is 0 Å². The van der Waals surface area contributed by atoms with Gasteiger partial charge in [-0.3, -0.25) is 4.79 Å². The zero-order chi connectivity index (χ0) is 9.31. The second-order valence-corrected chi connectivity index (χ2v) is 4.49. The first kappa shape index (κ1) is 9.00. The van der Waals surface area contributed by atoms with E-state index in [4.69, 9.17) is 5.11 Å². The van der Waals surface area contributed by atoms with Crippen molar-refractivity contribution in [3.05, 3.63) is 0 Å². The van der Waals surface area contributed by atoms with Crippen LogP contribution in [0, 0.1) is 5.41 Å². The van der Waals surface area contributed by atoms with Crippen LogP contribution < -0.4 is 0 Å². The van der Waals surface area contributed by atoms with Gasteiger partial charge in [0.2, 0.25) is 0 Å². The summed E-state index contributed by atoms with van der Waals surface area (Å²) < 4.78 is 0. The SMILES string of the molecule is O=C(O)CCC12CCN(CC1)CC2. The van der Waals surface area contributed by atoms with Crippen LogP contribution in [0.25, 0.3) is 0 Å². The first-order chi connectivity index (χ1) is 6.20. The second-order valence-electron chi connectivity index (χ2n) is 4.49. The molecule has 3 saturated heterocycles. The van der Waals surface area contributed by atoms with E-state index in [1.807, 2.05) is 0 Å². The number of fused-ring (bicyclic) bond motifs is 3. The van der Waals surface area contributed by atoms with Gasteiger partial charge in [-0.05, 0) is 50.7 Å². The van der Waals surface area contributed by atoms with Crippen LogP contribution >= 0.6 is 0 Å². The lowest BCUT2D eigenvalue weighted by Gasteiger charge is -2.48. The summed E-state index contributed by atoms with van der Waals surface area (Å²) in [5.41, 5.74) is 0.396. The molecular formula is C10H17NO2. The van der Waals surface area contributed by atoms with Crippen LogP contribution in [0.5, 0.6) is 0 Å². The Kier molecular flexibility index (Phi) is 2.28. The molecule has 3 heterocycles. The molecule has 0 atom stereocenters. The van der Waals surface area contributed by atoms with Gasteiger partial charge in [-0.1, -0.05) is 0 Å². The third-order valence-electron chi connectivity index (χ3n) is 3.74. The molecule has 3 aliphatic heterocycles. The fourth-order valence-electron chi connectivity index (χ4n) is 2.64. The number of carboxylic acid groups (broad SMARTS) is 1. The fraction of sp³-hybridized carbons (Fsp3) is 0.900. The van der Waals surface area contributed by atoms with Crippen LogP contribution in [0.15, 0.2) is 0 Å². The van der Waals surface area contributed by atoms with E-state index in [1.54, 1.807) is 0 Å². The molecule has 3 aliphatic rings. The maximum absolute atomic E-state index is 10.5. The Bertz CT molecular complexity index is 193.